The average molecular weight is 475 g/mol. The molecular weight excluding hydrogens is 448 g/mol. The highest BCUT2D eigenvalue weighted by molar-refractivity contribution is 7.98. The lowest BCUT2D eigenvalue weighted by Crippen LogP contribution is -2.30. The summed E-state index contributed by atoms with van der Waals surface area (Å²) < 4.78 is 32.2. The molecule has 0 aliphatic heterocycles. The molecule has 2 aromatic heterocycles. The molecule has 2 heterocycles. The Morgan fingerprint density at radius 1 is 1.16 bits per heavy atom. The summed E-state index contributed by atoms with van der Waals surface area (Å²) in [6.07, 6.45) is 1.63. The Balaban J connectivity index is 1.80. The summed E-state index contributed by atoms with van der Waals surface area (Å²) in [5, 5.41) is 7.32. The molecule has 1 aromatic carbocycles. The van der Waals surface area contributed by atoms with Crippen LogP contribution in [0.1, 0.15) is 41.2 Å². The zero-order valence-corrected chi connectivity index (χ0v) is 20.1. The Morgan fingerprint density at radius 2 is 1.91 bits per heavy atom. The highest BCUT2D eigenvalue weighted by Crippen LogP contribution is 2.28. The number of anilines is 1. The van der Waals surface area contributed by atoms with Crippen LogP contribution in [0.2, 0.25) is 0 Å². The molecule has 0 aliphatic carbocycles. The van der Waals surface area contributed by atoms with Crippen LogP contribution in [-0.4, -0.2) is 41.9 Å². The van der Waals surface area contributed by atoms with Crippen LogP contribution in [-0.2, 0) is 15.8 Å². The Bertz CT molecular complexity index is 1180. The zero-order valence-electron chi connectivity index (χ0n) is 18.5. The van der Waals surface area contributed by atoms with E-state index in [1.165, 1.54) is 28.2 Å². The highest BCUT2D eigenvalue weighted by Gasteiger charge is 2.22. The summed E-state index contributed by atoms with van der Waals surface area (Å²) >= 11 is 1.41. The van der Waals surface area contributed by atoms with Gasteiger partial charge in [0.05, 0.1) is 16.2 Å². The molecule has 0 fully saturated rings. The number of rotatable bonds is 9. The molecule has 0 spiro atoms. The fourth-order valence-corrected chi connectivity index (χ4v) is 5.82. The minimum atomic E-state index is -3.62. The molecule has 0 atom stereocenters. The van der Waals surface area contributed by atoms with Crippen LogP contribution >= 0.6 is 11.8 Å². The molecule has 3 rings (SSSR count). The van der Waals surface area contributed by atoms with E-state index in [1.807, 2.05) is 13.8 Å². The fraction of sp³-hybridized carbons (Fsp3) is 0.318. The number of aryl methyl sites for hydroxylation is 2. The summed E-state index contributed by atoms with van der Waals surface area (Å²) in [4.78, 5) is 17.5. The number of amides is 1. The van der Waals surface area contributed by atoms with Crippen LogP contribution in [0.4, 0.5) is 5.69 Å². The van der Waals surface area contributed by atoms with Crippen molar-refractivity contribution >= 4 is 33.4 Å². The van der Waals surface area contributed by atoms with E-state index in [-0.39, 0.29) is 10.8 Å². The highest BCUT2D eigenvalue weighted by atomic mass is 32.2. The number of carbonyl (C=O) groups excluding carboxylic acids is 1. The first-order valence-corrected chi connectivity index (χ1v) is 12.6. The van der Waals surface area contributed by atoms with E-state index in [1.54, 1.807) is 44.3 Å². The third-order valence-electron chi connectivity index (χ3n) is 4.99. The number of benzene rings is 1. The van der Waals surface area contributed by atoms with E-state index < -0.39 is 10.0 Å². The molecule has 0 radical (unpaired) electrons. The smallest absolute Gasteiger partial charge is 0.258 e. The summed E-state index contributed by atoms with van der Waals surface area (Å²) in [7, 11) is -3.62. The van der Waals surface area contributed by atoms with Crippen LogP contribution < -0.4 is 5.32 Å². The SMILES string of the molecule is CCN(CC)S(=O)(=O)c1cccc(NC(=O)c2cccnc2SCc2c(C)noc2C)c1. The minimum Gasteiger partial charge on any atom is -0.361 e. The van der Waals surface area contributed by atoms with E-state index >= 15 is 0 Å². The molecule has 0 bridgehead atoms. The average Bonchev–Trinajstić information content (AvgIpc) is 3.10. The molecule has 1 amide bonds. The second-order valence-electron chi connectivity index (χ2n) is 7.02. The normalized spacial score (nSPS) is 11.7. The predicted octanol–water partition coefficient (Wildman–Crippen LogP) is 4.26. The first kappa shape index (κ1) is 24.0. The number of aromatic nitrogens is 2. The lowest BCUT2D eigenvalue weighted by molar-refractivity contribution is 0.102. The molecule has 0 unspecified atom stereocenters. The van der Waals surface area contributed by atoms with Gasteiger partial charge < -0.3 is 9.84 Å². The Labute approximate surface area is 192 Å². The first-order valence-electron chi connectivity index (χ1n) is 10.2. The van der Waals surface area contributed by atoms with Crippen LogP contribution in [0.5, 0.6) is 0 Å². The predicted molar refractivity (Wildman–Crippen MR) is 124 cm³/mol. The lowest BCUT2D eigenvalue weighted by Gasteiger charge is -2.19. The number of thioether (sulfide) groups is 1. The number of sulfonamides is 1. The maximum Gasteiger partial charge on any atom is 0.258 e. The quantitative estimate of drug-likeness (QED) is 0.462. The molecule has 170 valence electrons. The molecule has 3 aromatic rings. The number of nitrogens with zero attached hydrogens (tertiary/aromatic N) is 3. The second kappa shape index (κ2) is 10.3. The van der Waals surface area contributed by atoms with E-state index in [4.69, 9.17) is 4.52 Å². The number of nitrogens with one attached hydrogen (secondary N) is 1. The summed E-state index contributed by atoms with van der Waals surface area (Å²) in [6.45, 7) is 8.04. The maximum absolute atomic E-state index is 13.0. The second-order valence-corrected chi connectivity index (χ2v) is 9.92. The van der Waals surface area contributed by atoms with Crippen LogP contribution in [0, 0.1) is 13.8 Å². The number of hydrogen-bond donors (Lipinski definition) is 1. The Hall–Kier alpha value is -2.69. The molecule has 1 N–H and O–H groups in total. The van der Waals surface area contributed by atoms with Gasteiger partial charge in [-0.3, -0.25) is 4.79 Å². The van der Waals surface area contributed by atoms with Crippen molar-refractivity contribution in [3.63, 3.8) is 0 Å². The summed E-state index contributed by atoms with van der Waals surface area (Å²) in [5.74, 6) is 0.940. The van der Waals surface area contributed by atoms with Gasteiger partial charge in [0.2, 0.25) is 10.0 Å². The molecule has 0 aliphatic rings. The number of pyridine rings is 1. The third kappa shape index (κ3) is 5.20. The van der Waals surface area contributed by atoms with Gasteiger partial charge in [0, 0.05) is 36.3 Å². The monoisotopic (exact) mass is 474 g/mol. The van der Waals surface area contributed by atoms with Crippen LogP contribution in [0.25, 0.3) is 0 Å². The van der Waals surface area contributed by atoms with Crippen molar-refractivity contribution in [3.8, 4) is 0 Å². The van der Waals surface area contributed by atoms with Gasteiger partial charge in [0.25, 0.3) is 5.91 Å². The summed E-state index contributed by atoms with van der Waals surface area (Å²) in [5.41, 5.74) is 2.58. The number of carbonyl (C=O) groups is 1. The van der Waals surface area contributed by atoms with Gasteiger partial charge >= 0.3 is 0 Å². The Kier molecular flexibility index (Phi) is 7.70. The van der Waals surface area contributed by atoms with Gasteiger partial charge in [-0.25, -0.2) is 13.4 Å². The largest absolute Gasteiger partial charge is 0.361 e. The zero-order chi connectivity index (χ0) is 23.3. The van der Waals surface area contributed by atoms with Crippen molar-refractivity contribution in [2.75, 3.05) is 18.4 Å². The molecule has 32 heavy (non-hydrogen) atoms. The minimum absolute atomic E-state index is 0.137. The van der Waals surface area contributed by atoms with Crippen molar-refractivity contribution < 1.29 is 17.7 Å². The molecule has 0 saturated carbocycles. The van der Waals surface area contributed by atoms with Gasteiger partial charge in [0.15, 0.2) is 0 Å². The maximum atomic E-state index is 13.0. The summed E-state index contributed by atoms with van der Waals surface area (Å²) in [6, 6.07) is 9.65. The molecule has 10 heteroatoms. The van der Waals surface area contributed by atoms with Crippen molar-refractivity contribution in [2.45, 2.75) is 43.4 Å². The van der Waals surface area contributed by atoms with E-state index in [0.29, 0.717) is 35.1 Å². The van der Waals surface area contributed by atoms with Gasteiger partial charge in [0.1, 0.15) is 10.8 Å². The standard InChI is InChI=1S/C22H26N4O4S2/c1-5-26(6-2)32(28,29)18-10-7-9-17(13-18)24-21(27)19-11-8-12-23-22(19)31-14-20-15(3)25-30-16(20)4/h7-13H,5-6,14H2,1-4H3,(H,24,27). The fourth-order valence-electron chi connectivity index (χ4n) is 3.17. The lowest BCUT2D eigenvalue weighted by atomic mass is 10.2. The van der Waals surface area contributed by atoms with E-state index in [9.17, 15) is 13.2 Å². The van der Waals surface area contributed by atoms with Crippen molar-refractivity contribution in [1.82, 2.24) is 14.4 Å². The van der Waals surface area contributed by atoms with Gasteiger partial charge in [-0.1, -0.05) is 25.1 Å². The van der Waals surface area contributed by atoms with Gasteiger partial charge in [-0.15, -0.1) is 11.8 Å². The van der Waals surface area contributed by atoms with Gasteiger partial charge in [-0.2, -0.15) is 4.31 Å². The van der Waals surface area contributed by atoms with Crippen molar-refractivity contribution in [1.29, 1.82) is 0 Å². The number of hydrogen-bond acceptors (Lipinski definition) is 7. The topological polar surface area (TPSA) is 105 Å². The van der Waals surface area contributed by atoms with Crippen LogP contribution in [0.3, 0.4) is 0 Å². The molecule has 0 saturated heterocycles. The van der Waals surface area contributed by atoms with Crippen LogP contribution in [0.15, 0.2) is 57.0 Å². The molecular formula is C22H26N4O4S2. The Morgan fingerprint density at radius 3 is 2.56 bits per heavy atom. The molecule has 8 nitrogen and oxygen atoms in total. The van der Waals surface area contributed by atoms with Gasteiger partial charge in [-0.05, 0) is 44.2 Å². The van der Waals surface area contributed by atoms with E-state index in [2.05, 4.69) is 15.5 Å². The van der Waals surface area contributed by atoms with Crippen molar-refractivity contribution in [2.24, 2.45) is 0 Å². The van der Waals surface area contributed by atoms with E-state index in [0.717, 1.165) is 17.0 Å². The first-order chi connectivity index (χ1) is 15.3. The third-order valence-corrected chi connectivity index (χ3v) is 8.06. The van der Waals surface area contributed by atoms with Crippen molar-refractivity contribution in [3.05, 3.63) is 65.2 Å².